The fourth-order valence-corrected chi connectivity index (χ4v) is 4.26. The molecule has 8 heteroatoms. The van der Waals surface area contributed by atoms with Gasteiger partial charge in [-0.2, -0.15) is 5.26 Å². The molecule has 2 heterocycles. The highest BCUT2D eigenvalue weighted by molar-refractivity contribution is 7.90. The number of nitrogens with zero attached hydrogens (tertiary/aromatic N) is 3. The molecule has 0 aliphatic carbocycles. The van der Waals surface area contributed by atoms with Crippen molar-refractivity contribution in [3.8, 4) is 22.9 Å². The number of pyridine rings is 1. The molecule has 4 aromatic rings. The minimum atomic E-state index is -3.29. The zero-order valence-electron chi connectivity index (χ0n) is 16.2. The summed E-state index contributed by atoms with van der Waals surface area (Å²) in [6.07, 6.45) is 6.19. The fourth-order valence-electron chi connectivity index (χ4n) is 3.43. The number of benzene rings is 2. The van der Waals surface area contributed by atoms with Gasteiger partial charge in [-0.05, 0) is 48.9 Å². The third kappa shape index (κ3) is 3.30. The van der Waals surface area contributed by atoms with Gasteiger partial charge in [-0.1, -0.05) is 11.6 Å². The SMILES string of the molecule is Cc1cc2c(cc1C#N)c(-c1cncc(N)c1Cl)cn2-c1ccc(S(C)(=O)=O)cc1. The molecule has 0 amide bonds. The predicted molar refractivity (Wildman–Crippen MR) is 118 cm³/mol. The van der Waals surface area contributed by atoms with E-state index in [1.165, 1.54) is 12.5 Å². The Balaban J connectivity index is 2.03. The van der Waals surface area contributed by atoms with Crippen LogP contribution < -0.4 is 5.73 Å². The largest absolute Gasteiger partial charge is 0.396 e. The van der Waals surface area contributed by atoms with Crippen LogP contribution in [-0.2, 0) is 9.84 Å². The fraction of sp³-hybridized carbons (Fsp3) is 0.0909. The number of rotatable bonds is 3. The van der Waals surface area contributed by atoms with Crippen LogP contribution >= 0.6 is 11.6 Å². The highest BCUT2D eigenvalue weighted by Gasteiger charge is 2.17. The van der Waals surface area contributed by atoms with Gasteiger partial charge in [0.2, 0.25) is 0 Å². The number of aromatic nitrogens is 2. The predicted octanol–water partition coefficient (Wildman–Crippen LogP) is 4.51. The van der Waals surface area contributed by atoms with E-state index in [0.717, 1.165) is 27.7 Å². The second-order valence-corrected chi connectivity index (χ2v) is 9.46. The lowest BCUT2D eigenvalue weighted by Gasteiger charge is -2.07. The summed E-state index contributed by atoms with van der Waals surface area (Å²) in [4.78, 5) is 4.40. The molecule has 2 N–H and O–H groups in total. The van der Waals surface area contributed by atoms with Crippen molar-refractivity contribution in [1.82, 2.24) is 9.55 Å². The Morgan fingerprint density at radius 1 is 1.13 bits per heavy atom. The van der Waals surface area contributed by atoms with Crippen molar-refractivity contribution in [3.05, 3.63) is 71.1 Å². The zero-order valence-corrected chi connectivity index (χ0v) is 17.8. The van der Waals surface area contributed by atoms with Crippen LogP contribution in [0.1, 0.15) is 11.1 Å². The lowest BCUT2D eigenvalue weighted by Crippen LogP contribution is -1.98. The zero-order chi connectivity index (χ0) is 21.6. The first kappa shape index (κ1) is 20.0. The van der Waals surface area contributed by atoms with E-state index >= 15 is 0 Å². The average Bonchev–Trinajstić information content (AvgIpc) is 3.07. The lowest BCUT2D eigenvalue weighted by molar-refractivity contribution is 0.602. The van der Waals surface area contributed by atoms with Crippen molar-refractivity contribution in [1.29, 1.82) is 5.26 Å². The van der Waals surface area contributed by atoms with Crippen LogP contribution in [0.25, 0.3) is 27.7 Å². The Morgan fingerprint density at radius 2 is 1.83 bits per heavy atom. The van der Waals surface area contributed by atoms with Gasteiger partial charge in [-0.15, -0.1) is 0 Å². The molecular formula is C22H17ClN4O2S. The molecule has 4 rings (SSSR count). The quantitative estimate of drug-likeness (QED) is 0.509. The molecule has 0 saturated heterocycles. The topological polar surface area (TPSA) is 102 Å². The van der Waals surface area contributed by atoms with Gasteiger partial charge in [-0.3, -0.25) is 4.98 Å². The molecule has 0 saturated carbocycles. The first-order chi connectivity index (χ1) is 14.2. The Bertz CT molecular complexity index is 1450. The van der Waals surface area contributed by atoms with Gasteiger partial charge in [-0.25, -0.2) is 8.42 Å². The van der Waals surface area contributed by atoms with E-state index in [2.05, 4.69) is 11.1 Å². The summed E-state index contributed by atoms with van der Waals surface area (Å²) in [6, 6.07) is 12.6. The summed E-state index contributed by atoms with van der Waals surface area (Å²) >= 11 is 6.45. The molecule has 0 atom stereocenters. The standard InChI is InChI=1S/C22H17ClN4O2S/c1-13-7-21-17(8-14(13)9-24)19(18-10-26-11-20(25)22(18)23)12-27(21)15-3-5-16(6-4-15)30(2,28)29/h3-8,10-12H,25H2,1-2H3. The van der Waals surface area contributed by atoms with Crippen molar-refractivity contribution in [2.24, 2.45) is 0 Å². The van der Waals surface area contributed by atoms with Crippen LogP contribution in [0.2, 0.25) is 5.02 Å². The maximum atomic E-state index is 11.8. The van der Waals surface area contributed by atoms with Crippen molar-refractivity contribution in [3.63, 3.8) is 0 Å². The minimum absolute atomic E-state index is 0.244. The molecule has 0 bridgehead atoms. The van der Waals surface area contributed by atoms with Gasteiger partial charge in [0, 0.05) is 40.8 Å². The van der Waals surface area contributed by atoms with E-state index in [-0.39, 0.29) is 4.90 Å². The molecule has 0 spiro atoms. The van der Waals surface area contributed by atoms with Crippen LogP contribution in [0.4, 0.5) is 5.69 Å². The molecule has 0 unspecified atom stereocenters. The Kier molecular flexibility index (Phi) is 4.77. The van der Waals surface area contributed by atoms with Gasteiger partial charge < -0.3 is 10.3 Å². The number of halogens is 1. The van der Waals surface area contributed by atoms with Crippen LogP contribution in [0, 0.1) is 18.3 Å². The first-order valence-corrected chi connectivity index (χ1v) is 11.2. The molecule has 150 valence electrons. The smallest absolute Gasteiger partial charge is 0.175 e. The third-order valence-corrected chi connectivity index (χ3v) is 6.56. The first-order valence-electron chi connectivity index (χ1n) is 8.96. The molecule has 0 fully saturated rings. The second-order valence-electron chi connectivity index (χ2n) is 7.07. The van der Waals surface area contributed by atoms with Crippen molar-refractivity contribution in [2.45, 2.75) is 11.8 Å². The van der Waals surface area contributed by atoms with Crippen molar-refractivity contribution >= 4 is 38.0 Å². The average molecular weight is 437 g/mol. The molecule has 0 radical (unpaired) electrons. The number of nitriles is 1. The van der Waals surface area contributed by atoms with Crippen LogP contribution in [-0.4, -0.2) is 24.2 Å². The summed E-state index contributed by atoms with van der Waals surface area (Å²) < 4.78 is 25.5. The summed E-state index contributed by atoms with van der Waals surface area (Å²) in [7, 11) is -3.29. The number of aryl methyl sites for hydroxylation is 1. The van der Waals surface area contributed by atoms with E-state index in [1.807, 2.05) is 29.8 Å². The number of hydrogen-bond donors (Lipinski definition) is 1. The highest BCUT2D eigenvalue weighted by atomic mass is 35.5. The number of nitrogens with two attached hydrogens (primary N) is 1. The van der Waals surface area contributed by atoms with E-state index in [4.69, 9.17) is 17.3 Å². The molecule has 2 aromatic carbocycles. The Labute approximate surface area is 179 Å². The maximum absolute atomic E-state index is 11.8. The number of sulfone groups is 1. The van der Waals surface area contributed by atoms with Crippen molar-refractivity contribution < 1.29 is 8.42 Å². The van der Waals surface area contributed by atoms with E-state index in [9.17, 15) is 13.7 Å². The van der Waals surface area contributed by atoms with Crippen LogP contribution in [0.5, 0.6) is 0 Å². The molecule has 2 aromatic heterocycles. The summed E-state index contributed by atoms with van der Waals surface area (Å²) in [5.41, 5.74) is 10.8. The molecular weight excluding hydrogens is 420 g/mol. The summed E-state index contributed by atoms with van der Waals surface area (Å²) in [5, 5.41) is 10.7. The van der Waals surface area contributed by atoms with Gasteiger partial charge >= 0.3 is 0 Å². The van der Waals surface area contributed by atoms with Crippen LogP contribution in [0.3, 0.4) is 0 Å². The van der Waals surface area contributed by atoms with Gasteiger partial charge in [0.1, 0.15) is 0 Å². The van der Waals surface area contributed by atoms with E-state index in [1.54, 1.807) is 30.5 Å². The Hall–Kier alpha value is -3.34. The minimum Gasteiger partial charge on any atom is -0.396 e. The number of anilines is 1. The monoisotopic (exact) mass is 436 g/mol. The Morgan fingerprint density at radius 3 is 2.47 bits per heavy atom. The van der Waals surface area contributed by atoms with E-state index in [0.29, 0.717) is 21.8 Å². The summed E-state index contributed by atoms with van der Waals surface area (Å²) in [6.45, 7) is 1.87. The van der Waals surface area contributed by atoms with Crippen molar-refractivity contribution in [2.75, 3.05) is 12.0 Å². The maximum Gasteiger partial charge on any atom is 0.175 e. The molecule has 0 aliphatic rings. The highest BCUT2D eigenvalue weighted by Crippen LogP contribution is 2.39. The molecule has 0 aliphatic heterocycles. The van der Waals surface area contributed by atoms with Gasteiger partial charge in [0.15, 0.2) is 9.84 Å². The number of fused-ring (bicyclic) bond motifs is 1. The lowest BCUT2D eigenvalue weighted by atomic mass is 10.0. The van der Waals surface area contributed by atoms with Gasteiger partial charge in [0.25, 0.3) is 0 Å². The number of nitrogen functional groups attached to an aromatic ring is 1. The number of hydrogen-bond acceptors (Lipinski definition) is 5. The van der Waals surface area contributed by atoms with E-state index < -0.39 is 9.84 Å². The molecule has 6 nitrogen and oxygen atoms in total. The normalized spacial score (nSPS) is 11.5. The van der Waals surface area contributed by atoms with Crippen LogP contribution in [0.15, 0.2) is 59.9 Å². The second kappa shape index (κ2) is 7.17. The van der Waals surface area contributed by atoms with Gasteiger partial charge in [0.05, 0.1) is 39.0 Å². The molecule has 30 heavy (non-hydrogen) atoms. The summed E-state index contributed by atoms with van der Waals surface area (Å²) in [5.74, 6) is 0. The third-order valence-electron chi connectivity index (χ3n) is 5.01.